The topological polar surface area (TPSA) is 243 Å². The number of imidazole rings is 1. The molecule has 0 aliphatic heterocycles. The number of aromatic amines is 1. The Morgan fingerprint density at radius 3 is 2.15 bits per heavy atom. The van der Waals surface area contributed by atoms with Crippen molar-refractivity contribution in [1.82, 2.24) is 25.9 Å². The van der Waals surface area contributed by atoms with Gasteiger partial charge in [-0.2, -0.15) is 0 Å². The van der Waals surface area contributed by atoms with Gasteiger partial charge in [-0.15, -0.1) is 0 Å². The predicted molar refractivity (Wildman–Crippen MR) is 139 cm³/mol. The predicted octanol–water partition coefficient (Wildman–Crippen LogP) is -1.31. The molecule has 0 bridgehead atoms. The molecule has 0 aliphatic carbocycles. The number of amides is 4. The summed E-state index contributed by atoms with van der Waals surface area (Å²) in [5, 5.41) is 26.2. The van der Waals surface area contributed by atoms with Crippen LogP contribution in [0.25, 0.3) is 0 Å². The zero-order valence-corrected chi connectivity index (χ0v) is 21.7. The number of carbonyl (C=O) groups is 5. The molecule has 0 spiro atoms. The van der Waals surface area contributed by atoms with Gasteiger partial charge < -0.3 is 42.6 Å². The third kappa shape index (κ3) is 9.74. The molecule has 212 valence electrons. The van der Waals surface area contributed by atoms with Crippen LogP contribution < -0.4 is 27.4 Å². The van der Waals surface area contributed by atoms with Gasteiger partial charge in [-0.05, 0) is 30.0 Å². The first-order valence-corrected chi connectivity index (χ1v) is 12.3. The van der Waals surface area contributed by atoms with E-state index in [1.807, 2.05) is 6.92 Å². The van der Waals surface area contributed by atoms with E-state index in [9.17, 15) is 34.2 Å². The number of H-pyrrole nitrogens is 1. The summed E-state index contributed by atoms with van der Waals surface area (Å²) in [7, 11) is 0. The van der Waals surface area contributed by atoms with Crippen molar-refractivity contribution in [2.75, 3.05) is 0 Å². The molecule has 1 aromatic carbocycles. The number of hydrogen-bond donors (Lipinski definition) is 8. The number of benzene rings is 1. The molecule has 4 amide bonds. The molecule has 10 N–H and O–H groups in total. The van der Waals surface area contributed by atoms with Crippen molar-refractivity contribution in [3.63, 3.8) is 0 Å². The highest BCUT2D eigenvalue weighted by Crippen LogP contribution is 2.13. The summed E-state index contributed by atoms with van der Waals surface area (Å²) in [6.45, 7) is 3.57. The monoisotopic (exact) mass is 545 g/mol. The first-order valence-electron chi connectivity index (χ1n) is 12.3. The zero-order chi connectivity index (χ0) is 29.1. The van der Waals surface area contributed by atoms with Gasteiger partial charge in [0.2, 0.25) is 23.6 Å². The van der Waals surface area contributed by atoms with Crippen LogP contribution in [0, 0.1) is 5.92 Å². The van der Waals surface area contributed by atoms with E-state index in [2.05, 4.69) is 25.9 Å². The average molecular weight is 546 g/mol. The van der Waals surface area contributed by atoms with Gasteiger partial charge in [0.05, 0.1) is 18.8 Å². The Hall–Kier alpha value is -4.46. The minimum atomic E-state index is -1.60. The van der Waals surface area contributed by atoms with Crippen molar-refractivity contribution in [1.29, 1.82) is 0 Å². The first-order chi connectivity index (χ1) is 18.4. The molecule has 2 aromatic rings. The van der Waals surface area contributed by atoms with E-state index in [0.29, 0.717) is 17.7 Å². The number of nitrogens with one attached hydrogen (secondary N) is 4. The molecule has 14 nitrogen and oxygen atoms in total. The lowest BCUT2D eigenvalue weighted by Crippen LogP contribution is -2.59. The number of carbonyl (C=O) groups excluding carboxylic acids is 4. The van der Waals surface area contributed by atoms with Crippen LogP contribution >= 0.6 is 0 Å². The number of nitrogens with two attached hydrogens (primary N) is 2. The van der Waals surface area contributed by atoms with E-state index in [0.717, 1.165) is 0 Å². The van der Waals surface area contributed by atoms with E-state index in [-0.39, 0.29) is 24.5 Å². The Morgan fingerprint density at radius 2 is 1.62 bits per heavy atom. The van der Waals surface area contributed by atoms with Gasteiger partial charge in [-0.25, -0.2) is 9.78 Å². The second-order valence-corrected chi connectivity index (χ2v) is 9.26. The second kappa shape index (κ2) is 14.5. The molecule has 1 aromatic heterocycles. The smallest absolute Gasteiger partial charge is 0.326 e. The Labute approximate surface area is 224 Å². The van der Waals surface area contributed by atoms with E-state index >= 15 is 0 Å². The van der Waals surface area contributed by atoms with E-state index in [1.54, 1.807) is 19.1 Å². The highest BCUT2D eigenvalue weighted by Gasteiger charge is 2.33. The van der Waals surface area contributed by atoms with Gasteiger partial charge in [0, 0.05) is 18.3 Å². The summed E-state index contributed by atoms with van der Waals surface area (Å²) < 4.78 is 0. The van der Waals surface area contributed by atoms with Gasteiger partial charge in [0.15, 0.2) is 0 Å². The molecule has 39 heavy (non-hydrogen) atoms. The number of rotatable bonds is 15. The van der Waals surface area contributed by atoms with Crippen molar-refractivity contribution in [2.45, 2.75) is 63.7 Å². The molecule has 5 unspecified atom stereocenters. The number of phenols is 1. The van der Waals surface area contributed by atoms with E-state index in [4.69, 9.17) is 11.5 Å². The minimum Gasteiger partial charge on any atom is -0.508 e. The van der Waals surface area contributed by atoms with Crippen LogP contribution in [-0.2, 0) is 36.8 Å². The molecule has 5 atom stereocenters. The van der Waals surface area contributed by atoms with Crippen LogP contribution in [0.1, 0.15) is 37.9 Å². The number of primary amides is 1. The fraction of sp³-hybridized carbons (Fsp3) is 0.440. The molecular weight excluding hydrogens is 510 g/mol. The third-order valence-corrected chi connectivity index (χ3v) is 6.15. The summed E-state index contributed by atoms with van der Waals surface area (Å²) in [4.78, 5) is 68.7. The van der Waals surface area contributed by atoms with Crippen molar-refractivity contribution in [3.8, 4) is 5.75 Å². The number of carboxylic acid groups (broad SMARTS) is 1. The van der Waals surface area contributed by atoms with E-state index < -0.39 is 60.2 Å². The Balaban J connectivity index is 2.18. The summed E-state index contributed by atoms with van der Waals surface area (Å²) in [5.41, 5.74) is 12.3. The standard InChI is InChI=1S/C25H35N7O7/c1-3-13(2)21(32-22(35)17(26)8-14-4-6-16(33)7-5-14)24(37)30-18(9-15-11-28-12-29-15)23(36)31-19(25(38)39)10-20(27)34/h4-7,11-13,17-19,21,33H,3,8-10,26H2,1-2H3,(H2,27,34)(H,28,29)(H,30,37)(H,31,36)(H,32,35)(H,38,39). The number of carboxylic acids is 1. The molecule has 14 heteroatoms. The highest BCUT2D eigenvalue weighted by molar-refractivity contribution is 5.95. The first kappa shape index (κ1) is 30.8. The Morgan fingerprint density at radius 1 is 0.974 bits per heavy atom. The number of hydrogen-bond acceptors (Lipinski definition) is 8. The number of phenolic OH excluding ortho intramolecular Hbond substituents is 1. The minimum absolute atomic E-state index is 0.0725. The maximum absolute atomic E-state index is 13.3. The molecular formula is C25H35N7O7. The third-order valence-electron chi connectivity index (χ3n) is 6.15. The molecule has 0 saturated carbocycles. The van der Waals surface area contributed by atoms with E-state index in [1.165, 1.54) is 24.7 Å². The summed E-state index contributed by atoms with van der Waals surface area (Å²) in [6, 6.07) is 1.26. The quantitative estimate of drug-likeness (QED) is 0.132. The van der Waals surface area contributed by atoms with Crippen molar-refractivity contribution in [3.05, 3.63) is 48.0 Å². The normalized spacial score (nSPS) is 14.7. The van der Waals surface area contributed by atoms with Crippen molar-refractivity contribution in [2.24, 2.45) is 17.4 Å². The molecule has 0 saturated heterocycles. The zero-order valence-electron chi connectivity index (χ0n) is 21.7. The highest BCUT2D eigenvalue weighted by atomic mass is 16.4. The fourth-order valence-electron chi connectivity index (χ4n) is 3.70. The largest absolute Gasteiger partial charge is 0.508 e. The number of aliphatic carboxylic acids is 1. The maximum Gasteiger partial charge on any atom is 0.326 e. The summed E-state index contributed by atoms with van der Waals surface area (Å²) >= 11 is 0. The lowest BCUT2D eigenvalue weighted by atomic mass is 9.96. The molecule has 0 aliphatic rings. The fourth-order valence-corrected chi connectivity index (χ4v) is 3.70. The average Bonchev–Trinajstić information content (AvgIpc) is 3.39. The van der Waals surface area contributed by atoms with Gasteiger partial charge in [-0.1, -0.05) is 32.4 Å². The van der Waals surface area contributed by atoms with Crippen LogP contribution in [0.4, 0.5) is 0 Å². The number of aromatic nitrogens is 2. The lowest BCUT2D eigenvalue weighted by molar-refractivity contribution is -0.143. The van der Waals surface area contributed by atoms with Gasteiger partial charge in [0.25, 0.3) is 0 Å². The second-order valence-electron chi connectivity index (χ2n) is 9.26. The number of aromatic hydroxyl groups is 1. The van der Waals surface area contributed by atoms with Crippen molar-refractivity contribution < 1.29 is 34.2 Å². The van der Waals surface area contributed by atoms with Crippen LogP contribution in [0.3, 0.4) is 0 Å². The van der Waals surface area contributed by atoms with Gasteiger partial charge in [-0.3, -0.25) is 19.2 Å². The number of nitrogens with zero attached hydrogens (tertiary/aromatic N) is 1. The van der Waals surface area contributed by atoms with Crippen LogP contribution in [0.2, 0.25) is 0 Å². The van der Waals surface area contributed by atoms with Crippen LogP contribution in [-0.4, -0.2) is 73.9 Å². The van der Waals surface area contributed by atoms with Gasteiger partial charge in [0.1, 0.15) is 23.9 Å². The summed E-state index contributed by atoms with van der Waals surface area (Å²) in [5.74, 6) is -4.83. The van der Waals surface area contributed by atoms with Crippen LogP contribution in [0.15, 0.2) is 36.8 Å². The maximum atomic E-state index is 13.3. The molecule has 2 rings (SSSR count). The molecule has 1 heterocycles. The van der Waals surface area contributed by atoms with Gasteiger partial charge >= 0.3 is 5.97 Å². The molecule has 0 radical (unpaired) electrons. The summed E-state index contributed by atoms with van der Waals surface area (Å²) in [6.07, 6.45) is 2.74. The van der Waals surface area contributed by atoms with Crippen LogP contribution in [0.5, 0.6) is 5.75 Å². The molecule has 0 fully saturated rings. The SMILES string of the molecule is CCC(C)C(NC(=O)C(N)Cc1ccc(O)cc1)C(=O)NC(Cc1cnc[nH]1)C(=O)NC(CC(N)=O)C(=O)O. The Kier molecular flexibility index (Phi) is 11.4. The van der Waals surface area contributed by atoms with Crippen molar-refractivity contribution >= 4 is 29.6 Å². The lowest BCUT2D eigenvalue weighted by Gasteiger charge is -2.28. The Bertz CT molecular complexity index is 1140.